The van der Waals surface area contributed by atoms with E-state index in [4.69, 9.17) is 11.0 Å². The largest absolute Gasteiger partial charge is 0.368 e. The molecule has 0 saturated carbocycles. The van der Waals surface area contributed by atoms with Crippen LogP contribution in [-0.4, -0.2) is 71.0 Å². The van der Waals surface area contributed by atoms with Crippen LogP contribution in [0.2, 0.25) is 0 Å². The highest BCUT2D eigenvalue weighted by Crippen LogP contribution is 2.22. The van der Waals surface area contributed by atoms with Gasteiger partial charge in [0.2, 0.25) is 18.1 Å². The van der Waals surface area contributed by atoms with Gasteiger partial charge in [0.25, 0.3) is 0 Å². The molecule has 9 heteroatoms. The number of aryl methyl sites for hydroxylation is 1. The van der Waals surface area contributed by atoms with E-state index >= 15 is 0 Å². The molecule has 148 valence electrons. The zero-order chi connectivity index (χ0) is 20.8. The molecule has 0 atom stereocenters. The second-order valence-electron chi connectivity index (χ2n) is 6.74. The first kappa shape index (κ1) is 19.9. The summed E-state index contributed by atoms with van der Waals surface area (Å²) >= 11 is 0. The number of piperazine rings is 1. The average Bonchev–Trinajstić information content (AvgIpc) is 2.71. The molecule has 1 aliphatic rings. The molecule has 29 heavy (non-hydrogen) atoms. The van der Waals surface area contributed by atoms with Gasteiger partial charge in [0, 0.05) is 58.2 Å². The molecular weight excluding hydrogens is 366 g/mol. The van der Waals surface area contributed by atoms with Crippen LogP contribution in [-0.2, 0) is 0 Å². The summed E-state index contributed by atoms with van der Waals surface area (Å²) in [6.07, 6.45) is 5.31. The molecule has 9 nitrogen and oxygen atoms in total. The summed E-state index contributed by atoms with van der Waals surface area (Å²) in [5.41, 5.74) is 8.24. The Morgan fingerprint density at radius 1 is 1.21 bits per heavy atom. The Hall–Kier alpha value is -3.85. The lowest BCUT2D eigenvalue weighted by atomic mass is 10.1. The second-order valence-corrected chi connectivity index (χ2v) is 6.74. The van der Waals surface area contributed by atoms with E-state index in [9.17, 15) is 0 Å². The number of rotatable bonds is 1. The van der Waals surface area contributed by atoms with Crippen LogP contribution in [0.1, 0.15) is 16.8 Å². The molecule has 0 bridgehead atoms. The minimum atomic E-state index is 0.229. The number of guanidine groups is 1. The van der Waals surface area contributed by atoms with Crippen molar-refractivity contribution < 1.29 is 0 Å². The maximum atomic E-state index is 8.94. The van der Waals surface area contributed by atoms with Gasteiger partial charge in [-0.1, -0.05) is 11.8 Å². The van der Waals surface area contributed by atoms with Crippen molar-refractivity contribution in [3.63, 3.8) is 0 Å². The molecule has 0 unspecified atom stereocenters. The van der Waals surface area contributed by atoms with Gasteiger partial charge in [-0.15, -0.1) is 4.99 Å². The SMILES string of the molecule is Cc1nc(N)nc(N2CCN(C(=NC#N)N(C)C)CC2)c1C#Cc1cccnc1. The van der Waals surface area contributed by atoms with Crippen molar-refractivity contribution in [3.8, 4) is 18.0 Å². The number of hydrogen-bond acceptors (Lipinski definition) is 7. The van der Waals surface area contributed by atoms with Crippen LogP contribution in [0.3, 0.4) is 0 Å². The van der Waals surface area contributed by atoms with Gasteiger partial charge in [-0.25, -0.2) is 4.98 Å². The summed E-state index contributed by atoms with van der Waals surface area (Å²) in [5, 5.41) is 8.94. The number of nitrogen functional groups attached to an aromatic ring is 1. The molecule has 0 aromatic carbocycles. The minimum absolute atomic E-state index is 0.229. The fourth-order valence-electron chi connectivity index (χ4n) is 3.14. The minimum Gasteiger partial charge on any atom is -0.368 e. The fraction of sp³-hybridized carbons (Fsp3) is 0.350. The Bertz CT molecular complexity index is 988. The Labute approximate surface area is 170 Å². The number of nitrogens with zero attached hydrogens (tertiary/aromatic N) is 8. The van der Waals surface area contributed by atoms with Crippen LogP contribution in [0.15, 0.2) is 29.5 Å². The summed E-state index contributed by atoms with van der Waals surface area (Å²) < 4.78 is 0. The Kier molecular flexibility index (Phi) is 6.10. The monoisotopic (exact) mass is 389 g/mol. The predicted octanol–water partition coefficient (Wildman–Crippen LogP) is 0.683. The van der Waals surface area contributed by atoms with Crippen molar-refractivity contribution in [1.29, 1.82) is 5.26 Å². The number of aliphatic imine (C=N–C) groups is 1. The van der Waals surface area contributed by atoms with E-state index in [0.717, 1.165) is 22.6 Å². The summed E-state index contributed by atoms with van der Waals surface area (Å²) in [7, 11) is 3.76. The molecule has 3 heterocycles. The van der Waals surface area contributed by atoms with Crippen LogP contribution in [0.25, 0.3) is 0 Å². The molecule has 3 rings (SSSR count). The smallest absolute Gasteiger partial charge is 0.222 e. The van der Waals surface area contributed by atoms with Gasteiger partial charge in [-0.2, -0.15) is 10.2 Å². The molecule has 0 aliphatic carbocycles. The number of anilines is 2. The average molecular weight is 389 g/mol. The first-order valence-electron chi connectivity index (χ1n) is 9.19. The maximum Gasteiger partial charge on any atom is 0.222 e. The highest BCUT2D eigenvalue weighted by Gasteiger charge is 2.24. The van der Waals surface area contributed by atoms with Gasteiger partial charge in [-0.05, 0) is 19.1 Å². The van der Waals surface area contributed by atoms with E-state index < -0.39 is 0 Å². The Morgan fingerprint density at radius 2 is 1.97 bits per heavy atom. The van der Waals surface area contributed by atoms with Crippen molar-refractivity contribution >= 4 is 17.7 Å². The van der Waals surface area contributed by atoms with E-state index in [1.807, 2.05) is 44.2 Å². The normalized spacial score (nSPS) is 14.1. The van der Waals surface area contributed by atoms with Crippen LogP contribution in [0, 0.1) is 30.2 Å². The highest BCUT2D eigenvalue weighted by molar-refractivity contribution is 5.80. The highest BCUT2D eigenvalue weighted by atomic mass is 15.4. The van der Waals surface area contributed by atoms with E-state index in [2.05, 4.69) is 41.6 Å². The summed E-state index contributed by atoms with van der Waals surface area (Å²) in [5.74, 6) is 7.94. The van der Waals surface area contributed by atoms with Crippen molar-refractivity contribution in [2.45, 2.75) is 6.92 Å². The van der Waals surface area contributed by atoms with Crippen molar-refractivity contribution in [2.75, 3.05) is 50.9 Å². The standard InChI is InChI=1S/C20H23N9/c1-15-17(7-6-16-5-4-8-23-13-16)18(26-19(22)25-15)28-9-11-29(12-10-28)20(24-14-21)27(2)3/h4-5,8,13H,9-12H2,1-3H3,(H2,22,25,26). The molecule has 2 aromatic rings. The van der Waals surface area contributed by atoms with Crippen LogP contribution >= 0.6 is 0 Å². The predicted molar refractivity (Wildman–Crippen MR) is 112 cm³/mol. The number of nitriles is 1. The van der Waals surface area contributed by atoms with Gasteiger partial charge in [0.05, 0.1) is 11.3 Å². The molecule has 1 aliphatic heterocycles. The molecule has 1 fully saturated rings. The lowest BCUT2D eigenvalue weighted by Crippen LogP contribution is -2.52. The second kappa shape index (κ2) is 8.89. The van der Waals surface area contributed by atoms with Gasteiger partial charge in [-0.3, -0.25) is 4.98 Å². The number of nitrogens with two attached hydrogens (primary N) is 1. The van der Waals surface area contributed by atoms with Crippen LogP contribution in [0.5, 0.6) is 0 Å². The van der Waals surface area contributed by atoms with Crippen LogP contribution < -0.4 is 10.6 Å². The van der Waals surface area contributed by atoms with E-state index in [0.29, 0.717) is 32.1 Å². The van der Waals surface area contributed by atoms with Crippen molar-refractivity contribution in [3.05, 3.63) is 41.3 Å². The zero-order valence-corrected chi connectivity index (χ0v) is 16.8. The fourth-order valence-corrected chi connectivity index (χ4v) is 3.14. The molecule has 1 saturated heterocycles. The molecule has 0 amide bonds. The molecule has 2 N–H and O–H groups in total. The van der Waals surface area contributed by atoms with Gasteiger partial charge in [0.1, 0.15) is 5.82 Å². The third-order valence-electron chi connectivity index (χ3n) is 4.49. The molecule has 0 spiro atoms. The number of aromatic nitrogens is 3. The number of pyridine rings is 1. The quantitative estimate of drug-likeness (QED) is 0.328. The summed E-state index contributed by atoms with van der Waals surface area (Å²) in [4.78, 5) is 22.9. The molecule has 0 radical (unpaired) electrons. The Balaban J connectivity index is 1.86. The first-order valence-corrected chi connectivity index (χ1v) is 9.19. The zero-order valence-electron chi connectivity index (χ0n) is 16.8. The van der Waals surface area contributed by atoms with Crippen molar-refractivity contribution in [1.82, 2.24) is 24.8 Å². The lowest BCUT2D eigenvalue weighted by molar-refractivity contribution is 0.342. The topological polar surface area (TPSA) is 111 Å². The van der Waals surface area contributed by atoms with Gasteiger partial charge < -0.3 is 20.4 Å². The van der Waals surface area contributed by atoms with Crippen molar-refractivity contribution in [2.24, 2.45) is 4.99 Å². The van der Waals surface area contributed by atoms with Crippen LogP contribution in [0.4, 0.5) is 11.8 Å². The molecule has 2 aromatic heterocycles. The van der Waals surface area contributed by atoms with E-state index in [1.165, 1.54) is 0 Å². The van der Waals surface area contributed by atoms with E-state index in [-0.39, 0.29) is 5.95 Å². The third kappa shape index (κ3) is 4.71. The van der Waals surface area contributed by atoms with Gasteiger partial charge >= 0.3 is 0 Å². The summed E-state index contributed by atoms with van der Waals surface area (Å²) in [6, 6.07) is 3.75. The third-order valence-corrected chi connectivity index (χ3v) is 4.49. The Morgan fingerprint density at radius 3 is 2.59 bits per heavy atom. The van der Waals surface area contributed by atoms with Gasteiger partial charge in [0.15, 0.2) is 0 Å². The first-order chi connectivity index (χ1) is 14.0. The van der Waals surface area contributed by atoms with E-state index in [1.54, 1.807) is 12.4 Å². The number of hydrogen-bond donors (Lipinski definition) is 1. The maximum absolute atomic E-state index is 8.94. The lowest BCUT2D eigenvalue weighted by Gasteiger charge is -2.38. The summed E-state index contributed by atoms with van der Waals surface area (Å²) in [6.45, 7) is 4.70. The molecular formula is C20H23N9.